The molecule has 0 spiro atoms. The zero-order valence-corrected chi connectivity index (χ0v) is 17.7. The summed E-state index contributed by atoms with van der Waals surface area (Å²) in [7, 11) is 1.47. The van der Waals surface area contributed by atoms with Gasteiger partial charge in [-0.25, -0.2) is 4.39 Å². The molecule has 2 aliphatic rings. The molecule has 1 saturated heterocycles. The van der Waals surface area contributed by atoms with Gasteiger partial charge in [-0.3, -0.25) is 14.7 Å². The number of para-hydroxylation sites is 1. The molecule has 2 aromatic carbocycles. The number of fused-ring (bicyclic) bond motifs is 1. The number of hydrogen-bond acceptors (Lipinski definition) is 4. The number of rotatable bonds is 5. The molecular formula is C25H26FN3O2. The van der Waals surface area contributed by atoms with Gasteiger partial charge in [0.25, 0.3) is 5.91 Å². The predicted octanol–water partition coefficient (Wildman–Crippen LogP) is 4.22. The lowest BCUT2D eigenvalue weighted by Gasteiger charge is -2.35. The minimum Gasteiger partial charge on any atom is -0.494 e. The second kappa shape index (κ2) is 8.27. The number of ether oxygens (including phenoxy) is 1. The van der Waals surface area contributed by atoms with Gasteiger partial charge in [0, 0.05) is 49.7 Å². The smallest absolute Gasteiger partial charge is 0.254 e. The molecule has 6 heteroatoms. The average Bonchev–Trinajstić information content (AvgIpc) is 3.64. The Bertz CT molecular complexity index is 1120. The normalized spacial score (nSPS) is 17.2. The SMILES string of the molecule is COc1ccc(CN2CCN(C(=O)c3cc(C4CC4)nc4ccccc34)CC2)cc1F. The summed E-state index contributed by atoms with van der Waals surface area (Å²) in [6.07, 6.45) is 2.31. The van der Waals surface area contributed by atoms with Crippen molar-refractivity contribution in [3.05, 3.63) is 71.2 Å². The first-order chi connectivity index (χ1) is 15.1. The van der Waals surface area contributed by atoms with E-state index in [1.165, 1.54) is 13.2 Å². The van der Waals surface area contributed by atoms with Gasteiger partial charge in [-0.1, -0.05) is 24.3 Å². The van der Waals surface area contributed by atoms with Gasteiger partial charge in [0.2, 0.25) is 0 Å². The lowest BCUT2D eigenvalue weighted by molar-refractivity contribution is 0.0630. The number of carbonyl (C=O) groups is 1. The Hall–Kier alpha value is -2.99. The first-order valence-electron chi connectivity index (χ1n) is 10.9. The number of carbonyl (C=O) groups excluding carboxylic acids is 1. The molecule has 0 radical (unpaired) electrons. The van der Waals surface area contributed by atoms with E-state index in [4.69, 9.17) is 9.72 Å². The summed E-state index contributed by atoms with van der Waals surface area (Å²) in [6.45, 7) is 3.50. The summed E-state index contributed by atoms with van der Waals surface area (Å²) in [5.74, 6) is 0.493. The predicted molar refractivity (Wildman–Crippen MR) is 118 cm³/mol. The Kier molecular flexibility index (Phi) is 5.32. The Balaban J connectivity index is 1.29. The third-order valence-electron chi connectivity index (χ3n) is 6.24. The van der Waals surface area contributed by atoms with Gasteiger partial charge in [0.15, 0.2) is 11.6 Å². The molecule has 1 saturated carbocycles. The lowest BCUT2D eigenvalue weighted by atomic mass is 10.0. The molecule has 5 nitrogen and oxygen atoms in total. The van der Waals surface area contributed by atoms with Crippen LogP contribution < -0.4 is 4.74 Å². The monoisotopic (exact) mass is 419 g/mol. The first-order valence-corrected chi connectivity index (χ1v) is 10.9. The summed E-state index contributed by atoms with van der Waals surface area (Å²) < 4.78 is 19.0. The van der Waals surface area contributed by atoms with Crippen molar-refractivity contribution in [3.8, 4) is 5.75 Å². The van der Waals surface area contributed by atoms with Crippen molar-refractivity contribution in [1.29, 1.82) is 0 Å². The third kappa shape index (κ3) is 4.12. The van der Waals surface area contributed by atoms with Crippen molar-refractivity contribution in [2.24, 2.45) is 0 Å². The molecule has 0 bridgehead atoms. The molecule has 0 unspecified atom stereocenters. The quantitative estimate of drug-likeness (QED) is 0.621. The van der Waals surface area contributed by atoms with Crippen molar-refractivity contribution in [1.82, 2.24) is 14.8 Å². The van der Waals surface area contributed by atoms with Gasteiger partial charge in [0.05, 0.1) is 18.2 Å². The zero-order chi connectivity index (χ0) is 21.4. The Labute approximate surface area is 181 Å². The van der Waals surface area contributed by atoms with E-state index >= 15 is 0 Å². The standard InChI is InChI=1S/C25H26FN3O2/c1-31-24-9-6-17(14-21(24)26)16-28-10-12-29(13-11-28)25(30)20-15-23(18-7-8-18)27-22-5-3-2-4-19(20)22/h2-6,9,14-15,18H,7-8,10-13,16H2,1H3. The highest BCUT2D eigenvalue weighted by Crippen LogP contribution is 2.40. The molecule has 1 aliphatic carbocycles. The number of amides is 1. The van der Waals surface area contributed by atoms with Crippen LogP contribution in [0.5, 0.6) is 5.75 Å². The summed E-state index contributed by atoms with van der Waals surface area (Å²) in [6, 6.07) is 15.0. The number of hydrogen-bond donors (Lipinski definition) is 0. The summed E-state index contributed by atoms with van der Waals surface area (Å²) >= 11 is 0. The van der Waals surface area contributed by atoms with E-state index in [2.05, 4.69) is 4.90 Å². The van der Waals surface area contributed by atoms with Crippen LogP contribution in [-0.4, -0.2) is 54.0 Å². The van der Waals surface area contributed by atoms with E-state index < -0.39 is 0 Å². The average molecular weight is 420 g/mol. The molecule has 2 fully saturated rings. The minimum atomic E-state index is -0.343. The highest BCUT2D eigenvalue weighted by Gasteiger charge is 2.29. The van der Waals surface area contributed by atoms with Gasteiger partial charge in [0.1, 0.15) is 0 Å². The number of halogens is 1. The van der Waals surface area contributed by atoms with E-state index in [0.717, 1.165) is 53.7 Å². The number of piperazine rings is 1. The van der Waals surface area contributed by atoms with Crippen LogP contribution in [0.15, 0.2) is 48.5 Å². The Morgan fingerprint density at radius 2 is 1.87 bits per heavy atom. The number of methoxy groups -OCH3 is 1. The van der Waals surface area contributed by atoms with Crippen molar-refractivity contribution in [2.45, 2.75) is 25.3 Å². The van der Waals surface area contributed by atoms with E-state index in [9.17, 15) is 9.18 Å². The van der Waals surface area contributed by atoms with Crippen molar-refractivity contribution in [2.75, 3.05) is 33.3 Å². The fourth-order valence-corrected chi connectivity index (χ4v) is 4.31. The summed E-state index contributed by atoms with van der Waals surface area (Å²) in [5.41, 5.74) is 3.61. The summed E-state index contributed by atoms with van der Waals surface area (Å²) in [5, 5.41) is 0.924. The largest absolute Gasteiger partial charge is 0.494 e. The topological polar surface area (TPSA) is 45.7 Å². The molecular weight excluding hydrogens is 393 g/mol. The summed E-state index contributed by atoms with van der Waals surface area (Å²) in [4.78, 5) is 22.4. The van der Waals surface area contributed by atoms with Gasteiger partial charge in [-0.15, -0.1) is 0 Å². The van der Waals surface area contributed by atoms with Crippen LogP contribution in [0.2, 0.25) is 0 Å². The van der Waals surface area contributed by atoms with E-state index in [1.54, 1.807) is 6.07 Å². The van der Waals surface area contributed by atoms with Crippen LogP contribution in [0.4, 0.5) is 4.39 Å². The fraction of sp³-hybridized carbons (Fsp3) is 0.360. The molecule has 3 aromatic rings. The molecule has 31 heavy (non-hydrogen) atoms. The molecule has 160 valence electrons. The Morgan fingerprint density at radius 1 is 1.10 bits per heavy atom. The fourth-order valence-electron chi connectivity index (χ4n) is 4.31. The van der Waals surface area contributed by atoms with Crippen molar-refractivity contribution < 1.29 is 13.9 Å². The maximum Gasteiger partial charge on any atom is 0.254 e. The maximum absolute atomic E-state index is 14.0. The van der Waals surface area contributed by atoms with Crippen molar-refractivity contribution in [3.63, 3.8) is 0 Å². The van der Waals surface area contributed by atoms with Gasteiger partial charge < -0.3 is 9.64 Å². The zero-order valence-electron chi connectivity index (χ0n) is 17.7. The van der Waals surface area contributed by atoms with E-state index in [1.807, 2.05) is 41.3 Å². The lowest BCUT2D eigenvalue weighted by Crippen LogP contribution is -2.48. The first kappa shape index (κ1) is 19.9. The van der Waals surface area contributed by atoms with Gasteiger partial charge in [-0.2, -0.15) is 0 Å². The van der Waals surface area contributed by atoms with Crippen LogP contribution in [0.1, 0.15) is 40.4 Å². The van der Waals surface area contributed by atoms with Crippen LogP contribution >= 0.6 is 0 Å². The third-order valence-corrected chi connectivity index (χ3v) is 6.24. The number of aromatic nitrogens is 1. The van der Waals surface area contributed by atoms with E-state index in [-0.39, 0.29) is 17.5 Å². The number of pyridine rings is 1. The minimum absolute atomic E-state index is 0.0793. The van der Waals surface area contributed by atoms with Crippen LogP contribution in [-0.2, 0) is 6.54 Å². The van der Waals surface area contributed by atoms with Gasteiger partial charge in [-0.05, 0) is 42.7 Å². The van der Waals surface area contributed by atoms with Crippen LogP contribution in [0.25, 0.3) is 10.9 Å². The Morgan fingerprint density at radius 3 is 2.58 bits per heavy atom. The molecule has 2 heterocycles. The van der Waals surface area contributed by atoms with Crippen LogP contribution in [0.3, 0.4) is 0 Å². The molecule has 1 amide bonds. The molecule has 5 rings (SSSR count). The number of nitrogens with zero attached hydrogens (tertiary/aromatic N) is 3. The highest BCUT2D eigenvalue weighted by molar-refractivity contribution is 6.06. The highest BCUT2D eigenvalue weighted by atomic mass is 19.1. The maximum atomic E-state index is 14.0. The van der Waals surface area contributed by atoms with Crippen molar-refractivity contribution >= 4 is 16.8 Å². The number of benzene rings is 2. The molecule has 0 N–H and O–H groups in total. The van der Waals surface area contributed by atoms with Gasteiger partial charge >= 0.3 is 0 Å². The molecule has 1 aromatic heterocycles. The van der Waals surface area contributed by atoms with E-state index in [0.29, 0.717) is 25.6 Å². The second-order valence-corrected chi connectivity index (χ2v) is 8.42. The molecule has 0 atom stereocenters. The second-order valence-electron chi connectivity index (χ2n) is 8.42. The van der Waals surface area contributed by atoms with Crippen LogP contribution in [0, 0.1) is 5.82 Å². The molecule has 1 aliphatic heterocycles.